The lowest BCUT2D eigenvalue weighted by molar-refractivity contribution is 0.224. The predicted octanol–water partition coefficient (Wildman–Crippen LogP) is 1.82. The van der Waals surface area contributed by atoms with Gasteiger partial charge in [-0.25, -0.2) is 0 Å². The molecule has 0 aromatic rings. The summed E-state index contributed by atoms with van der Waals surface area (Å²) in [6.07, 6.45) is 6.22. The molecule has 0 aromatic heterocycles. The van der Waals surface area contributed by atoms with E-state index in [1.807, 2.05) is 0 Å². The highest BCUT2D eigenvalue weighted by Gasteiger charge is 2.27. The minimum atomic E-state index is 0.468. The molecule has 2 saturated carbocycles. The summed E-state index contributed by atoms with van der Waals surface area (Å²) in [6.45, 7) is 4.62. The van der Waals surface area contributed by atoms with Gasteiger partial charge in [0.25, 0.3) is 0 Å². The lowest BCUT2D eigenvalue weighted by Crippen LogP contribution is -2.54. The highest BCUT2D eigenvalue weighted by molar-refractivity contribution is 7.80. The van der Waals surface area contributed by atoms with Gasteiger partial charge in [-0.05, 0) is 55.5 Å². The molecule has 6 heteroatoms. The van der Waals surface area contributed by atoms with E-state index in [9.17, 15) is 0 Å². The maximum atomic E-state index is 5.30. The standard InChI is InChI=1S/C13H24N4S2/c1-8-4-3-5-11(9(8)2)15-13(19)17-16-12(18)14-10-6-7-10/h8-11H,3-7H2,1-2H3,(H2,14,16,18)(H2,15,17,19)/t8-,9-,11+/m1/s1. The smallest absolute Gasteiger partial charge is 0.185 e. The van der Waals surface area contributed by atoms with Gasteiger partial charge in [0.1, 0.15) is 0 Å². The second-order valence-electron chi connectivity index (χ2n) is 5.84. The average Bonchev–Trinajstić information content (AvgIpc) is 3.16. The van der Waals surface area contributed by atoms with Crippen LogP contribution in [0.5, 0.6) is 0 Å². The Hall–Kier alpha value is -0.620. The van der Waals surface area contributed by atoms with E-state index >= 15 is 0 Å². The summed E-state index contributed by atoms with van der Waals surface area (Å²) in [4.78, 5) is 0. The fourth-order valence-electron chi connectivity index (χ4n) is 2.55. The Kier molecular flexibility index (Phi) is 5.21. The Morgan fingerprint density at radius 1 is 0.895 bits per heavy atom. The van der Waals surface area contributed by atoms with E-state index in [1.54, 1.807) is 0 Å². The fraction of sp³-hybridized carbons (Fsp3) is 0.846. The van der Waals surface area contributed by atoms with Crippen molar-refractivity contribution < 1.29 is 0 Å². The van der Waals surface area contributed by atoms with Crippen molar-refractivity contribution in [3.8, 4) is 0 Å². The largest absolute Gasteiger partial charge is 0.359 e. The summed E-state index contributed by atoms with van der Waals surface area (Å²) in [5.41, 5.74) is 5.90. The van der Waals surface area contributed by atoms with Crippen LogP contribution in [0.1, 0.15) is 46.0 Å². The predicted molar refractivity (Wildman–Crippen MR) is 86.7 cm³/mol. The molecule has 0 aromatic carbocycles. The third-order valence-electron chi connectivity index (χ3n) is 4.23. The van der Waals surface area contributed by atoms with Crippen molar-refractivity contribution in [2.75, 3.05) is 0 Å². The van der Waals surface area contributed by atoms with Crippen LogP contribution in [0.4, 0.5) is 0 Å². The molecule has 4 nitrogen and oxygen atoms in total. The molecule has 0 saturated heterocycles. The Labute approximate surface area is 126 Å². The van der Waals surface area contributed by atoms with Gasteiger partial charge in [-0.1, -0.05) is 26.7 Å². The average molecular weight is 300 g/mol. The molecular weight excluding hydrogens is 276 g/mol. The number of thiocarbonyl (C=S) groups is 2. The molecule has 0 spiro atoms. The minimum absolute atomic E-state index is 0.468. The number of hydrogen-bond acceptors (Lipinski definition) is 2. The molecule has 19 heavy (non-hydrogen) atoms. The quantitative estimate of drug-likeness (QED) is 0.461. The van der Waals surface area contributed by atoms with Crippen molar-refractivity contribution in [3.63, 3.8) is 0 Å². The number of rotatable bonds is 2. The van der Waals surface area contributed by atoms with E-state index in [-0.39, 0.29) is 0 Å². The maximum absolute atomic E-state index is 5.30. The zero-order valence-electron chi connectivity index (χ0n) is 11.7. The molecule has 0 heterocycles. The maximum Gasteiger partial charge on any atom is 0.185 e. The Morgan fingerprint density at radius 2 is 1.53 bits per heavy atom. The first-order chi connectivity index (χ1) is 9.06. The summed E-state index contributed by atoms with van der Waals surface area (Å²) >= 11 is 10.5. The third-order valence-corrected chi connectivity index (χ3v) is 4.67. The van der Waals surface area contributed by atoms with E-state index in [1.165, 1.54) is 32.1 Å². The molecule has 2 fully saturated rings. The Balaban J connectivity index is 1.66. The summed E-state index contributed by atoms with van der Waals surface area (Å²) in [6, 6.07) is 1.03. The van der Waals surface area contributed by atoms with Crippen molar-refractivity contribution in [1.82, 2.24) is 21.5 Å². The van der Waals surface area contributed by atoms with Crippen LogP contribution in [0.15, 0.2) is 0 Å². The van der Waals surface area contributed by atoms with Gasteiger partial charge in [-0.3, -0.25) is 10.9 Å². The number of hydrazine groups is 1. The molecule has 0 amide bonds. The van der Waals surface area contributed by atoms with Gasteiger partial charge in [0, 0.05) is 12.1 Å². The van der Waals surface area contributed by atoms with E-state index in [0.29, 0.717) is 28.2 Å². The molecule has 0 radical (unpaired) electrons. The minimum Gasteiger partial charge on any atom is -0.359 e. The monoisotopic (exact) mass is 300 g/mol. The molecule has 3 atom stereocenters. The van der Waals surface area contributed by atoms with Crippen LogP contribution in [0.2, 0.25) is 0 Å². The summed E-state index contributed by atoms with van der Waals surface area (Å²) in [5, 5.41) is 7.85. The van der Waals surface area contributed by atoms with Gasteiger partial charge in [0.05, 0.1) is 0 Å². The highest BCUT2D eigenvalue weighted by Crippen LogP contribution is 2.29. The lowest BCUT2D eigenvalue weighted by Gasteiger charge is -2.35. The van der Waals surface area contributed by atoms with E-state index in [4.69, 9.17) is 24.4 Å². The van der Waals surface area contributed by atoms with E-state index in [2.05, 4.69) is 35.3 Å². The molecule has 4 N–H and O–H groups in total. The van der Waals surface area contributed by atoms with Crippen LogP contribution in [-0.4, -0.2) is 22.3 Å². The number of hydrogen-bond donors (Lipinski definition) is 4. The van der Waals surface area contributed by atoms with Gasteiger partial charge >= 0.3 is 0 Å². The molecule has 0 bridgehead atoms. The topological polar surface area (TPSA) is 48.1 Å². The second kappa shape index (κ2) is 6.70. The Morgan fingerprint density at radius 3 is 2.16 bits per heavy atom. The van der Waals surface area contributed by atoms with Crippen LogP contribution in [0.3, 0.4) is 0 Å². The number of nitrogens with one attached hydrogen (secondary N) is 4. The molecule has 108 valence electrons. The SMILES string of the molecule is C[C@@H]1[C@H](C)CCC[C@@H]1NC(=S)NNC(=S)NC1CC1. The lowest BCUT2D eigenvalue weighted by atomic mass is 9.78. The zero-order valence-corrected chi connectivity index (χ0v) is 13.3. The van der Waals surface area contributed by atoms with Crippen LogP contribution >= 0.6 is 24.4 Å². The summed E-state index contributed by atoms with van der Waals surface area (Å²) in [7, 11) is 0. The van der Waals surface area contributed by atoms with Crippen molar-refractivity contribution in [1.29, 1.82) is 0 Å². The molecule has 0 unspecified atom stereocenters. The van der Waals surface area contributed by atoms with Crippen LogP contribution in [0, 0.1) is 11.8 Å². The van der Waals surface area contributed by atoms with Crippen molar-refractivity contribution in [2.24, 2.45) is 11.8 Å². The molecular formula is C13H24N4S2. The van der Waals surface area contributed by atoms with Gasteiger partial charge in [0.2, 0.25) is 0 Å². The van der Waals surface area contributed by atoms with Gasteiger partial charge < -0.3 is 10.6 Å². The summed E-state index contributed by atoms with van der Waals surface area (Å²) in [5.74, 6) is 1.42. The van der Waals surface area contributed by atoms with Crippen molar-refractivity contribution in [2.45, 2.75) is 58.0 Å². The first-order valence-electron chi connectivity index (χ1n) is 7.19. The fourth-order valence-corrected chi connectivity index (χ4v) is 2.97. The van der Waals surface area contributed by atoms with E-state index in [0.717, 1.165) is 5.92 Å². The van der Waals surface area contributed by atoms with E-state index < -0.39 is 0 Å². The first-order valence-corrected chi connectivity index (χ1v) is 8.01. The van der Waals surface area contributed by atoms with Gasteiger partial charge in [-0.2, -0.15) is 0 Å². The van der Waals surface area contributed by atoms with Crippen LogP contribution in [-0.2, 0) is 0 Å². The molecule has 2 aliphatic rings. The molecule has 2 rings (SSSR count). The van der Waals surface area contributed by atoms with Crippen molar-refractivity contribution >= 4 is 34.7 Å². The highest BCUT2D eigenvalue weighted by atomic mass is 32.1. The van der Waals surface area contributed by atoms with Gasteiger partial charge in [0.15, 0.2) is 10.2 Å². The normalized spacial score (nSPS) is 30.3. The van der Waals surface area contributed by atoms with Crippen molar-refractivity contribution in [3.05, 3.63) is 0 Å². The zero-order chi connectivity index (χ0) is 13.8. The summed E-state index contributed by atoms with van der Waals surface area (Å²) < 4.78 is 0. The van der Waals surface area contributed by atoms with Crippen LogP contribution < -0.4 is 21.5 Å². The third kappa shape index (κ3) is 4.76. The molecule has 0 aliphatic heterocycles. The Bertz CT molecular complexity index is 344. The van der Waals surface area contributed by atoms with Crippen LogP contribution in [0.25, 0.3) is 0 Å². The second-order valence-corrected chi connectivity index (χ2v) is 6.66. The first kappa shape index (κ1) is 14.8. The molecule has 2 aliphatic carbocycles. The van der Waals surface area contributed by atoms with Gasteiger partial charge in [-0.15, -0.1) is 0 Å².